The fraction of sp³-hybridized carbons (Fsp3) is 0.286. The molecule has 0 bridgehead atoms. The maximum absolute atomic E-state index is 13.2. The molecule has 3 N–H and O–H groups in total. The SMILES string of the molecule is COCP(=O)(N[C@@H](C)C(=O)OC(C)C)OCCOC(=O)NC(=O)c1cc2c(Oc3ccc(NC(=O)Oc4ccccc4)c(Cl)c3)ccnc2cc1OC.Cl. The molecule has 0 aliphatic rings. The Morgan fingerprint density at radius 1 is 0.889 bits per heavy atom. The molecule has 0 radical (unpaired) electrons. The lowest BCUT2D eigenvalue weighted by molar-refractivity contribution is -0.149. The number of pyridine rings is 1. The number of amides is 3. The van der Waals surface area contributed by atoms with Crippen LogP contribution in [0.2, 0.25) is 5.02 Å². The second-order valence-corrected chi connectivity index (χ2v) is 13.8. The van der Waals surface area contributed by atoms with Crippen molar-refractivity contribution in [2.75, 3.05) is 39.1 Å². The number of esters is 1. The van der Waals surface area contributed by atoms with Crippen molar-refractivity contribution >= 4 is 72.2 Å². The van der Waals surface area contributed by atoms with Crippen LogP contribution in [-0.4, -0.2) is 75.0 Å². The van der Waals surface area contributed by atoms with E-state index >= 15 is 0 Å². The molecule has 1 unspecified atom stereocenters. The highest BCUT2D eigenvalue weighted by Gasteiger charge is 2.30. The van der Waals surface area contributed by atoms with Gasteiger partial charge in [0, 0.05) is 30.8 Å². The van der Waals surface area contributed by atoms with Crippen molar-refractivity contribution in [3.63, 3.8) is 0 Å². The van der Waals surface area contributed by atoms with E-state index in [1.54, 1.807) is 56.3 Å². The van der Waals surface area contributed by atoms with E-state index in [9.17, 15) is 23.7 Å². The molecule has 3 amide bonds. The molecule has 1 aromatic heterocycles. The Kier molecular flexibility index (Phi) is 16.5. The number of imide groups is 1. The molecule has 19 heteroatoms. The topological polar surface area (TPSA) is 199 Å². The molecular weight excluding hydrogens is 770 g/mol. The van der Waals surface area contributed by atoms with Crippen molar-refractivity contribution in [2.24, 2.45) is 0 Å². The summed E-state index contributed by atoms with van der Waals surface area (Å²) in [5.74, 6) is -0.456. The number of carbonyl (C=O) groups is 4. The number of fused-ring (bicyclic) bond motifs is 1. The molecule has 54 heavy (non-hydrogen) atoms. The third-order valence-corrected chi connectivity index (χ3v) is 9.14. The number of hydrogen-bond acceptors (Lipinski definition) is 13. The number of benzene rings is 3. The first-order valence-electron chi connectivity index (χ1n) is 16.0. The van der Waals surface area contributed by atoms with Gasteiger partial charge in [-0.3, -0.25) is 29.8 Å². The van der Waals surface area contributed by atoms with Gasteiger partial charge in [0.1, 0.15) is 42.0 Å². The summed E-state index contributed by atoms with van der Waals surface area (Å²) in [5, 5.41) is 7.81. The second kappa shape index (κ2) is 20.5. The molecule has 290 valence electrons. The van der Waals surface area contributed by atoms with Gasteiger partial charge < -0.3 is 32.9 Å². The fourth-order valence-electron chi connectivity index (χ4n) is 4.58. The number of nitrogens with one attached hydrogen (secondary N) is 3. The van der Waals surface area contributed by atoms with E-state index in [0.29, 0.717) is 22.4 Å². The van der Waals surface area contributed by atoms with Gasteiger partial charge in [0.15, 0.2) is 0 Å². The molecule has 0 fully saturated rings. The minimum atomic E-state index is -3.71. The van der Waals surface area contributed by atoms with Crippen LogP contribution in [-0.2, 0) is 28.1 Å². The zero-order chi connectivity index (χ0) is 38.5. The van der Waals surface area contributed by atoms with Crippen molar-refractivity contribution in [3.05, 3.63) is 83.5 Å². The first kappa shape index (κ1) is 43.4. The molecule has 16 nitrogen and oxygen atoms in total. The number of para-hydroxylation sites is 1. The van der Waals surface area contributed by atoms with Gasteiger partial charge in [-0.2, -0.15) is 0 Å². The average Bonchev–Trinajstić information content (AvgIpc) is 3.11. The third-order valence-electron chi connectivity index (χ3n) is 6.85. The molecule has 0 aliphatic heterocycles. The quantitative estimate of drug-likeness (QED) is 0.0577. The summed E-state index contributed by atoms with van der Waals surface area (Å²) in [4.78, 5) is 54.5. The highest BCUT2D eigenvalue weighted by Crippen LogP contribution is 2.42. The number of hydrogen-bond donors (Lipinski definition) is 3. The lowest BCUT2D eigenvalue weighted by Crippen LogP contribution is -2.36. The lowest BCUT2D eigenvalue weighted by atomic mass is 10.1. The van der Waals surface area contributed by atoms with E-state index in [4.69, 9.17) is 44.5 Å². The standard InChI is InChI=1S/C35H38ClN4O12P.ClH/c1-21(2)50-33(42)22(3)40-53(45,20-46-4)49-16-15-48-34(43)39-32(41)26-18-25-29(19-31(26)47-5)37-14-13-30(25)51-24-11-12-28(27(36)17-24)38-35(44)52-23-9-7-6-8-10-23;/h6-14,17-19,21-22H,15-16,20H2,1-5H3,(H,38,44)(H,40,45)(H,39,41,43);1H/t22-,53?;/m0./s1. The van der Waals surface area contributed by atoms with Crippen molar-refractivity contribution in [2.45, 2.75) is 32.9 Å². The molecule has 3 aromatic carbocycles. The third kappa shape index (κ3) is 12.6. The molecule has 4 rings (SSSR count). The normalized spacial score (nSPS) is 12.4. The summed E-state index contributed by atoms with van der Waals surface area (Å²) in [6.45, 7) is 4.05. The van der Waals surface area contributed by atoms with Crippen LogP contribution in [0, 0.1) is 0 Å². The van der Waals surface area contributed by atoms with Crippen LogP contribution in [0.1, 0.15) is 31.1 Å². The van der Waals surface area contributed by atoms with Gasteiger partial charge in [0.05, 0.1) is 41.6 Å². The van der Waals surface area contributed by atoms with Crippen molar-refractivity contribution in [1.29, 1.82) is 0 Å². The Morgan fingerprint density at radius 2 is 1.63 bits per heavy atom. The molecular formula is C35H39Cl2N4O12P. The van der Waals surface area contributed by atoms with Crippen LogP contribution in [0.25, 0.3) is 10.9 Å². The summed E-state index contributed by atoms with van der Waals surface area (Å²) in [5.41, 5.74) is 0.641. The van der Waals surface area contributed by atoms with Crippen LogP contribution in [0.4, 0.5) is 15.3 Å². The van der Waals surface area contributed by atoms with Crippen LogP contribution in [0.5, 0.6) is 23.0 Å². The Hall–Kier alpha value is -4.96. The van der Waals surface area contributed by atoms with Gasteiger partial charge in [0.2, 0.25) is 0 Å². The Labute approximate surface area is 322 Å². The number of anilines is 1. The number of alkyl carbamates (subject to hydrolysis) is 1. The number of carbonyl (C=O) groups excluding carboxylic acids is 4. The Morgan fingerprint density at radius 3 is 2.30 bits per heavy atom. The monoisotopic (exact) mass is 808 g/mol. The second-order valence-electron chi connectivity index (χ2n) is 11.3. The highest BCUT2D eigenvalue weighted by atomic mass is 35.5. The van der Waals surface area contributed by atoms with Gasteiger partial charge in [0.25, 0.3) is 13.4 Å². The van der Waals surface area contributed by atoms with Crippen LogP contribution in [0.15, 0.2) is 72.9 Å². The minimum absolute atomic E-state index is 0. The minimum Gasteiger partial charge on any atom is -0.496 e. The number of rotatable bonds is 16. The molecule has 4 aromatic rings. The maximum Gasteiger partial charge on any atom is 0.417 e. The van der Waals surface area contributed by atoms with E-state index < -0.39 is 44.2 Å². The summed E-state index contributed by atoms with van der Waals surface area (Å²) < 4.78 is 50.3. The predicted molar refractivity (Wildman–Crippen MR) is 201 cm³/mol. The van der Waals surface area contributed by atoms with E-state index in [-0.39, 0.29) is 59.2 Å². The molecule has 1 heterocycles. The maximum atomic E-state index is 13.2. The number of methoxy groups -OCH3 is 2. The number of aromatic nitrogens is 1. The lowest BCUT2D eigenvalue weighted by Gasteiger charge is -2.22. The summed E-state index contributed by atoms with van der Waals surface area (Å²) >= 11 is 6.42. The number of nitrogens with zero attached hydrogens (tertiary/aromatic N) is 1. The van der Waals surface area contributed by atoms with E-state index in [1.807, 2.05) is 0 Å². The van der Waals surface area contributed by atoms with Gasteiger partial charge in [-0.25, -0.2) is 14.7 Å². The number of halogens is 2. The zero-order valence-corrected chi connectivity index (χ0v) is 32.3. The fourth-order valence-corrected chi connectivity index (χ4v) is 6.43. The van der Waals surface area contributed by atoms with Gasteiger partial charge in [-0.15, -0.1) is 12.4 Å². The highest BCUT2D eigenvalue weighted by molar-refractivity contribution is 7.56. The largest absolute Gasteiger partial charge is 0.496 e. The molecule has 0 saturated carbocycles. The van der Waals surface area contributed by atoms with Crippen LogP contribution in [0.3, 0.4) is 0 Å². The molecule has 0 spiro atoms. The van der Waals surface area contributed by atoms with E-state index in [0.717, 1.165) is 0 Å². The Balaban J connectivity index is 0.00000784. The smallest absolute Gasteiger partial charge is 0.417 e. The van der Waals surface area contributed by atoms with E-state index in [2.05, 4.69) is 20.7 Å². The summed E-state index contributed by atoms with van der Waals surface area (Å²) in [7, 11) is -1.06. The summed E-state index contributed by atoms with van der Waals surface area (Å²) in [6.07, 6.45) is -1.12. The predicted octanol–water partition coefficient (Wildman–Crippen LogP) is 7.33. The van der Waals surface area contributed by atoms with Gasteiger partial charge in [-0.05, 0) is 57.2 Å². The van der Waals surface area contributed by atoms with Crippen molar-refractivity contribution in [3.8, 4) is 23.0 Å². The van der Waals surface area contributed by atoms with Crippen molar-refractivity contribution in [1.82, 2.24) is 15.4 Å². The van der Waals surface area contributed by atoms with Crippen molar-refractivity contribution < 1.29 is 56.7 Å². The Bertz CT molecular complexity index is 1990. The van der Waals surface area contributed by atoms with E-state index in [1.165, 1.54) is 51.6 Å². The number of ether oxygens (including phenoxy) is 6. The summed E-state index contributed by atoms with van der Waals surface area (Å²) in [6, 6.07) is 16.6. The van der Waals surface area contributed by atoms with Gasteiger partial charge in [-0.1, -0.05) is 29.8 Å². The zero-order valence-electron chi connectivity index (χ0n) is 29.8. The first-order valence-corrected chi connectivity index (χ1v) is 18.2. The molecule has 0 aliphatic carbocycles. The molecule has 0 saturated heterocycles. The first-order chi connectivity index (χ1) is 25.3. The van der Waals surface area contributed by atoms with Crippen LogP contribution >= 0.6 is 31.5 Å². The van der Waals surface area contributed by atoms with Gasteiger partial charge >= 0.3 is 18.2 Å². The molecule has 2 atom stereocenters. The average molecular weight is 810 g/mol. The van der Waals surface area contributed by atoms with Crippen LogP contribution < -0.4 is 29.9 Å².